The Morgan fingerprint density at radius 1 is 0.852 bits per heavy atom. The molecule has 0 saturated carbocycles. The maximum Gasteiger partial charge on any atom is 0.248 e. The lowest BCUT2D eigenvalue weighted by Gasteiger charge is -2.28. The molecule has 140 valence electrons. The fourth-order valence-electron chi connectivity index (χ4n) is 3.14. The Morgan fingerprint density at radius 3 is 2.07 bits per heavy atom. The van der Waals surface area contributed by atoms with E-state index < -0.39 is 0 Å². The predicted molar refractivity (Wildman–Crippen MR) is 111 cm³/mol. The molecule has 2 aromatic carbocycles. The summed E-state index contributed by atoms with van der Waals surface area (Å²) in [5.41, 5.74) is 3.62. The average molecular weight is 363 g/mol. The lowest BCUT2D eigenvalue weighted by atomic mass is 10.1. The third-order valence-electron chi connectivity index (χ3n) is 4.51. The minimum Gasteiger partial charge on any atom is -0.372 e. The normalized spacial score (nSPS) is 14.2. The highest BCUT2D eigenvalue weighted by molar-refractivity contribution is 6.02. The van der Waals surface area contributed by atoms with E-state index in [2.05, 4.69) is 27.7 Å². The van der Waals surface area contributed by atoms with E-state index in [1.807, 2.05) is 24.3 Å². The van der Waals surface area contributed by atoms with Crippen LogP contribution in [0.2, 0.25) is 0 Å². The van der Waals surface area contributed by atoms with E-state index >= 15 is 0 Å². The molecule has 5 nitrogen and oxygen atoms in total. The van der Waals surface area contributed by atoms with Crippen LogP contribution in [0, 0.1) is 0 Å². The maximum atomic E-state index is 12.1. The summed E-state index contributed by atoms with van der Waals surface area (Å²) in [4.78, 5) is 25.5. The van der Waals surface area contributed by atoms with Crippen molar-refractivity contribution in [3.05, 3.63) is 60.2 Å². The van der Waals surface area contributed by atoms with Gasteiger partial charge in [0.2, 0.25) is 11.8 Å². The fraction of sp³-hybridized carbons (Fsp3) is 0.273. The van der Waals surface area contributed by atoms with Crippen LogP contribution >= 0.6 is 0 Å². The summed E-state index contributed by atoms with van der Waals surface area (Å²) >= 11 is 0. The number of carbonyl (C=O) groups excluding carboxylic acids is 2. The van der Waals surface area contributed by atoms with Gasteiger partial charge in [0.05, 0.1) is 0 Å². The first-order chi connectivity index (χ1) is 13.1. The number of nitrogens with one attached hydrogen (secondary N) is 2. The monoisotopic (exact) mass is 363 g/mol. The Kier molecular flexibility index (Phi) is 6.26. The molecule has 0 spiro atoms. The lowest BCUT2D eigenvalue weighted by Crippen LogP contribution is -2.29. The Labute approximate surface area is 160 Å². The molecule has 1 heterocycles. The van der Waals surface area contributed by atoms with Gasteiger partial charge in [-0.2, -0.15) is 0 Å². The molecule has 0 aliphatic carbocycles. The molecule has 1 aliphatic heterocycles. The van der Waals surface area contributed by atoms with E-state index in [0.29, 0.717) is 0 Å². The summed E-state index contributed by atoms with van der Waals surface area (Å²) in [7, 11) is 0. The average Bonchev–Trinajstić information content (AvgIpc) is 2.68. The molecule has 2 N–H and O–H groups in total. The number of hydrogen-bond acceptors (Lipinski definition) is 3. The molecule has 1 fully saturated rings. The second-order valence-corrected chi connectivity index (χ2v) is 6.72. The number of nitrogens with zero attached hydrogens (tertiary/aromatic N) is 1. The van der Waals surface area contributed by atoms with Gasteiger partial charge >= 0.3 is 0 Å². The highest BCUT2D eigenvalue weighted by Crippen LogP contribution is 2.21. The van der Waals surface area contributed by atoms with Crippen molar-refractivity contribution in [2.75, 3.05) is 28.6 Å². The third-order valence-corrected chi connectivity index (χ3v) is 4.51. The van der Waals surface area contributed by atoms with Crippen molar-refractivity contribution in [2.24, 2.45) is 0 Å². The van der Waals surface area contributed by atoms with Crippen molar-refractivity contribution < 1.29 is 9.59 Å². The van der Waals surface area contributed by atoms with Crippen LogP contribution in [0.4, 0.5) is 17.1 Å². The number of rotatable bonds is 5. The molecule has 3 rings (SSSR count). The number of piperidine rings is 1. The van der Waals surface area contributed by atoms with Gasteiger partial charge in [-0.15, -0.1) is 0 Å². The highest BCUT2D eigenvalue weighted by atomic mass is 16.2. The summed E-state index contributed by atoms with van der Waals surface area (Å²) in [6, 6.07) is 15.3. The first-order valence-corrected chi connectivity index (χ1v) is 9.32. The van der Waals surface area contributed by atoms with E-state index in [4.69, 9.17) is 0 Å². The van der Waals surface area contributed by atoms with Crippen molar-refractivity contribution in [3.8, 4) is 0 Å². The first-order valence-electron chi connectivity index (χ1n) is 9.32. The van der Waals surface area contributed by atoms with Crippen LogP contribution in [0.25, 0.3) is 6.08 Å². The van der Waals surface area contributed by atoms with Crippen LogP contribution in [-0.2, 0) is 9.59 Å². The molecule has 0 radical (unpaired) electrons. The van der Waals surface area contributed by atoms with Crippen LogP contribution < -0.4 is 15.5 Å². The van der Waals surface area contributed by atoms with E-state index in [1.165, 1.54) is 37.9 Å². The van der Waals surface area contributed by atoms with Crippen molar-refractivity contribution in [1.29, 1.82) is 0 Å². The van der Waals surface area contributed by atoms with Crippen LogP contribution in [-0.4, -0.2) is 24.9 Å². The van der Waals surface area contributed by atoms with Crippen molar-refractivity contribution in [2.45, 2.75) is 26.2 Å². The van der Waals surface area contributed by atoms with Crippen molar-refractivity contribution in [3.63, 3.8) is 0 Å². The standard InChI is InChI=1S/C22H25N3O2/c1-17(26)23-19-8-5-18(6-9-19)7-14-22(27)24-20-10-12-21(13-11-20)25-15-3-2-4-16-25/h5-14H,2-4,15-16H2,1H3,(H,23,26)(H,24,27)/b14-7+. The van der Waals surface area contributed by atoms with Gasteiger partial charge in [0.15, 0.2) is 0 Å². The van der Waals surface area contributed by atoms with Gasteiger partial charge in [-0.3, -0.25) is 9.59 Å². The summed E-state index contributed by atoms with van der Waals surface area (Å²) in [6.45, 7) is 3.68. The van der Waals surface area contributed by atoms with E-state index in [9.17, 15) is 9.59 Å². The third kappa shape index (κ3) is 5.71. The fourth-order valence-corrected chi connectivity index (χ4v) is 3.14. The number of hydrogen-bond donors (Lipinski definition) is 2. The Hall–Kier alpha value is -3.08. The largest absolute Gasteiger partial charge is 0.372 e. The Bertz CT molecular complexity index is 804. The molecule has 5 heteroatoms. The van der Waals surface area contributed by atoms with E-state index in [0.717, 1.165) is 30.0 Å². The van der Waals surface area contributed by atoms with Gasteiger partial charge in [-0.25, -0.2) is 0 Å². The molecule has 2 aromatic rings. The summed E-state index contributed by atoms with van der Waals surface area (Å²) < 4.78 is 0. The zero-order valence-corrected chi connectivity index (χ0v) is 15.6. The zero-order valence-electron chi connectivity index (χ0n) is 15.6. The zero-order chi connectivity index (χ0) is 19.1. The van der Waals surface area contributed by atoms with Gasteiger partial charge in [-0.05, 0) is 67.3 Å². The quantitative estimate of drug-likeness (QED) is 0.779. The molecule has 0 atom stereocenters. The Balaban J connectivity index is 1.53. The molecule has 0 aromatic heterocycles. The molecule has 27 heavy (non-hydrogen) atoms. The second-order valence-electron chi connectivity index (χ2n) is 6.72. The smallest absolute Gasteiger partial charge is 0.248 e. The van der Waals surface area contributed by atoms with Crippen LogP contribution in [0.3, 0.4) is 0 Å². The molecule has 1 saturated heterocycles. The van der Waals surface area contributed by atoms with Gasteiger partial charge in [0.25, 0.3) is 0 Å². The lowest BCUT2D eigenvalue weighted by molar-refractivity contribution is -0.114. The second kappa shape index (κ2) is 9.03. The first kappa shape index (κ1) is 18.7. The molecule has 2 amide bonds. The molecular formula is C22H25N3O2. The van der Waals surface area contributed by atoms with Gasteiger partial charge in [-0.1, -0.05) is 12.1 Å². The molecule has 1 aliphatic rings. The number of benzene rings is 2. The minimum absolute atomic E-state index is 0.107. The summed E-state index contributed by atoms with van der Waals surface area (Å²) in [5, 5.41) is 5.59. The number of amides is 2. The highest BCUT2D eigenvalue weighted by Gasteiger charge is 2.10. The maximum absolute atomic E-state index is 12.1. The van der Waals surface area contributed by atoms with Crippen molar-refractivity contribution >= 4 is 35.0 Å². The predicted octanol–water partition coefficient (Wildman–Crippen LogP) is 4.29. The molecule has 0 unspecified atom stereocenters. The van der Waals surface area contributed by atoms with E-state index in [1.54, 1.807) is 18.2 Å². The SMILES string of the molecule is CC(=O)Nc1ccc(/C=C/C(=O)Nc2ccc(N3CCCCC3)cc2)cc1. The number of carbonyl (C=O) groups is 2. The number of anilines is 3. The van der Waals surface area contributed by atoms with Gasteiger partial charge in [0, 0.05) is 43.2 Å². The topological polar surface area (TPSA) is 61.4 Å². The van der Waals surface area contributed by atoms with Crippen LogP contribution in [0.5, 0.6) is 0 Å². The van der Waals surface area contributed by atoms with Crippen LogP contribution in [0.1, 0.15) is 31.7 Å². The van der Waals surface area contributed by atoms with Gasteiger partial charge in [0.1, 0.15) is 0 Å². The van der Waals surface area contributed by atoms with Gasteiger partial charge < -0.3 is 15.5 Å². The van der Waals surface area contributed by atoms with E-state index in [-0.39, 0.29) is 11.8 Å². The minimum atomic E-state index is -0.174. The van der Waals surface area contributed by atoms with Crippen LogP contribution in [0.15, 0.2) is 54.6 Å². The summed E-state index contributed by atoms with van der Waals surface area (Å²) in [5.74, 6) is -0.282. The summed E-state index contributed by atoms with van der Waals surface area (Å²) in [6.07, 6.45) is 7.05. The van der Waals surface area contributed by atoms with Crippen molar-refractivity contribution in [1.82, 2.24) is 0 Å². The molecular weight excluding hydrogens is 338 g/mol. The molecule has 0 bridgehead atoms. The Morgan fingerprint density at radius 2 is 1.44 bits per heavy atom.